The predicted octanol–water partition coefficient (Wildman–Crippen LogP) is 12.1. The molecule has 5 saturated carbocycles. The first-order chi connectivity index (χ1) is 27.4. The first-order valence-electron chi connectivity index (χ1n) is 22.8. The fourth-order valence-corrected chi connectivity index (χ4v) is 15.2. The van der Waals surface area contributed by atoms with Gasteiger partial charge < -0.3 is 9.84 Å². The van der Waals surface area contributed by atoms with E-state index in [9.17, 15) is 19.5 Å². The number of Topliss-reactive ketones (excluding diaryl/α,β-unsaturated/α-hetero) is 1. The lowest BCUT2D eigenvalue weighted by Gasteiger charge is -2.75. The zero-order valence-corrected chi connectivity index (χ0v) is 38.7. The summed E-state index contributed by atoms with van der Waals surface area (Å²) in [5.74, 6) is 0.0762. The van der Waals surface area contributed by atoms with Crippen LogP contribution in [0.25, 0.3) is 0 Å². The lowest BCUT2D eigenvalue weighted by molar-refractivity contribution is -0.249. The number of rotatable bonds is 9. The summed E-state index contributed by atoms with van der Waals surface area (Å²) in [4.78, 5) is 39.6. The third-order valence-electron chi connectivity index (χ3n) is 18.7. The Bertz CT molecular complexity index is 2040. The molecule has 0 bridgehead atoms. The molecule has 0 aromatic heterocycles. The van der Waals surface area contributed by atoms with Crippen LogP contribution in [0, 0.1) is 55.7 Å². The number of fused-ring (bicyclic) bond motifs is 7. The summed E-state index contributed by atoms with van der Waals surface area (Å²) in [6.07, 6.45) is 14.3. The summed E-state index contributed by atoms with van der Waals surface area (Å²) in [5.41, 5.74) is 6.55. The summed E-state index contributed by atoms with van der Waals surface area (Å²) < 4.78 is 6.24. The van der Waals surface area contributed by atoms with Gasteiger partial charge in [-0.3, -0.25) is 24.4 Å². The minimum absolute atomic E-state index is 0.00802. The Balaban J connectivity index is 1.10. The lowest BCUT2D eigenvalue weighted by atomic mass is 9.30. The fourth-order valence-electron chi connectivity index (χ4n) is 15.0. The monoisotopic (exact) mass is 827 g/mol. The fraction of sp³-hybridized carbons (Fsp3) is 0.706. The number of nitrogens with zero attached hydrogens (tertiary/aromatic N) is 2. The van der Waals surface area contributed by atoms with Crippen LogP contribution in [0.4, 0.5) is 0 Å². The van der Waals surface area contributed by atoms with Gasteiger partial charge in [0, 0.05) is 35.0 Å². The molecule has 8 heteroatoms. The van der Waals surface area contributed by atoms with Crippen molar-refractivity contribution in [1.29, 1.82) is 0 Å². The van der Waals surface area contributed by atoms with Crippen molar-refractivity contribution in [3.63, 3.8) is 0 Å². The molecule has 0 spiro atoms. The van der Waals surface area contributed by atoms with Gasteiger partial charge in [0.25, 0.3) is 0 Å². The number of carbonyl (C=O) groups is 3. The highest BCUT2D eigenvalue weighted by Crippen LogP contribution is 2.80. The van der Waals surface area contributed by atoms with Crippen LogP contribution < -0.4 is 0 Å². The number of ketones is 1. The average molecular weight is 828 g/mol. The smallest absolute Gasteiger partial charge is 0.309 e. The molecule has 6 aliphatic carbocycles. The molecule has 1 aromatic carbocycles. The highest BCUT2D eigenvalue weighted by atomic mass is 35.5. The van der Waals surface area contributed by atoms with Crippen molar-refractivity contribution in [1.82, 2.24) is 10.0 Å². The number of hydrogen-bond donors (Lipinski definition) is 1. The van der Waals surface area contributed by atoms with Gasteiger partial charge in [-0.1, -0.05) is 79.1 Å². The standard InChI is InChI=1S/C51H71ClN2O5/c1-31(2)42-37(55)28-51(27-35-26-36(33-14-15-33)54(53(35)11)30-32-12-16-34(52)17-13-32)25-24-50(10)48(8)22-18-38-46(5,6)40(59-41(56)29-45(3,4)44(57)58)20-21-47(38,7)39(48)19-23-49(50,9)43(42)51/h12-13,16-17,26,31,38-40H,14-15,18-25,27-30H2,1-11H3,(H,57,58). The number of aliphatic carboxylic acids is 1. The van der Waals surface area contributed by atoms with Gasteiger partial charge in [-0.2, -0.15) is 0 Å². The first kappa shape index (κ1) is 42.6. The molecular weight excluding hydrogens is 756 g/mol. The molecule has 8 unspecified atom stereocenters. The Hall–Kier alpha value is -3.06. The van der Waals surface area contributed by atoms with Crippen molar-refractivity contribution in [3.05, 3.63) is 69.0 Å². The van der Waals surface area contributed by atoms with E-state index in [1.54, 1.807) is 13.8 Å². The van der Waals surface area contributed by atoms with Gasteiger partial charge in [0.2, 0.25) is 0 Å². The highest BCUT2D eigenvalue weighted by molar-refractivity contribution is 6.30. The highest BCUT2D eigenvalue weighted by Gasteiger charge is 2.73. The Morgan fingerprint density at radius 3 is 2.22 bits per heavy atom. The molecule has 5 fully saturated rings. The number of hydrogen-bond acceptors (Lipinski definition) is 6. The predicted molar refractivity (Wildman–Crippen MR) is 234 cm³/mol. The maximum atomic E-state index is 14.6. The van der Waals surface area contributed by atoms with Crippen LogP contribution in [-0.4, -0.2) is 46.0 Å². The largest absolute Gasteiger partial charge is 0.481 e. The molecule has 8 rings (SSSR count). The second-order valence-corrected chi connectivity index (χ2v) is 23.2. The first-order valence-corrected chi connectivity index (χ1v) is 23.2. The Labute approximate surface area is 359 Å². The number of allylic oxidation sites excluding steroid dienone is 5. The van der Waals surface area contributed by atoms with Crippen LogP contribution in [0.5, 0.6) is 0 Å². The van der Waals surface area contributed by atoms with Gasteiger partial charge in [0.1, 0.15) is 6.10 Å². The Kier molecular flexibility index (Phi) is 10.1. The molecule has 0 amide bonds. The molecule has 0 radical (unpaired) electrons. The van der Waals surface area contributed by atoms with Crippen LogP contribution in [0.1, 0.15) is 158 Å². The van der Waals surface area contributed by atoms with Gasteiger partial charge in [-0.25, -0.2) is 0 Å². The van der Waals surface area contributed by atoms with Crippen LogP contribution >= 0.6 is 11.6 Å². The van der Waals surface area contributed by atoms with E-state index in [1.165, 1.54) is 28.1 Å². The Morgan fingerprint density at radius 1 is 0.932 bits per heavy atom. The molecule has 59 heavy (non-hydrogen) atoms. The van der Waals surface area contributed by atoms with E-state index < -0.39 is 17.4 Å². The van der Waals surface area contributed by atoms with Gasteiger partial charge in [-0.15, -0.1) is 0 Å². The van der Waals surface area contributed by atoms with Gasteiger partial charge >= 0.3 is 11.9 Å². The minimum atomic E-state index is -1.16. The number of hydrazine groups is 1. The van der Waals surface area contributed by atoms with Crippen molar-refractivity contribution in [2.75, 3.05) is 7.05 Å². The van der Waals surface area contributed by atoms with E-state index in [-0.39, 0.29) is 50.9 Å². The minimum Gasteiger partial charge on any atom is -0.481 e. The van der Waals surface area contributed by atoms with Gasteiger partial charge in [0.15, 0.2) is 5.78 Å². The quantitative estimate of drug-likeness (QED) is 0.248. The van der Waals surface area contributed by atoms with Crippen molar-refractivity contribution in [3.8, 4) is 0 Å². The number of carboxylic acid groups (broad SMARTS) is 1. The summed E-state index contributed by atoms with van der Waals surface area (Å²) >= 11 is 6.28. The van der Waals surface area contributed by atoms with Crippen molar-refractivity contribution < 1.29 is 24.2 Å². The lowest BCUT2D eigenvalue weighted by Crippen LogP contribution is -2.68. The van der Waals surface area contributed by atoms with Gasteiger partial charge in [-0.05, 0) is 164 Å². The zero-order chi connectivity index (χ0) is 42.9. The second kappa shape index (κ2) is 14.0. The third-order valence-corrected chi connectivity index (χ3v) is 18.9. The summed E-state index contributed by atoms with van der Waals surface area (Å²) in [5, 5.41) is 15.3. The number of halogens is 1. The number of carbonyl (C=O) groups excluding carboxylic acids is 2. The van der Waals surface area contributed by atoms with E-state index in [0.29, 0.717) is 24.0 Å². The van der Waals surface area contributed by atoms with Crippen LogP contribution in [0.2, 0.25) is 5.02 Å². The van der Waals surface area contributed by atoms with E-state index in [0.717, 1.165) is 87.8 Å². The third kappa shape index (κ3) is 6.33. The molecule has 8 atom stereocenters. The molecule has 1 aromatic rings. The van der Waals surface area contributed by atoms with E-state index in [2.05, 4.69) is 90.7 Å². The average Bonchev–Trinajstić information content (AvgIpc) is 3.88. The van der Waals surface area contributed by atoms with Gasteiger partial charge in [0.05, 0.1) is 24.1 Å². The topological polar surface area (TPSA) is 87.2 Å². The molecule has 322 valence electrons. The summed E-state index contributed by atoms with van der Waals surface area (Å²) in [7, 11) is 2.23. The zero-order valence-electron chi connectivity index (χ0n) is 37.9. The van der Waals surface area contributed by atoms with Crippen LogP contribution in [-0.2, 0) is 25.7 Å². The molecule has 1 N–H and O–H groups in total. The molecule has 1 heterocycles. The van der Waals surface area contributed by atoms with Crippen LogP contribution in [0.15, 0.2) is 58.5 Å². The normalized spacial score (nSPS) is 37.5. The van der Waals surface area contributed by atoms with Crippen molar-refractivity contribution in [2.24, 2.45) is 55.7 Å². The number of esters is 1. The van der Waals surface area contributed by atoms with E-state index in [4.69, 9.17) is 16.3 Å². The molecule has 1 aliphatic heterocycles. The maximum Gasteiger partial charge on any atom is 0.309 e. The second-order valence-electron chi connectivity index (χ2n) is 22.8. The van der Waals surface area contributed by atoms with Crippen LogP contribution in [0.3, 0.4) is 0 Å². The number of ether oxygens (including phenoxy) is 1. The van der Waals surface area contributed by atoms with Crippen molar-refractivity contribution in [2.45, 2.75) is 165 Å². The SMILES string of the molecule is CC(C)C1=C2C(CC3=CC(=C4CC4)N(Cc4ccc(Cl)cc4)N3C)(CCC3(C)C2(C)CCC2C4(C)CCC(OC(=O)CC(C)(C)C(=O)O)C(C)(C)C4CCC23C)CC1=O. The molecule has 0 saturated heterocycles. The van der Waals surface area contributed by atoms with E-state index >= 15 is 0 Å². The maximum absolute atomic E-state index is 14.6. The molecular formula is C51H71ClN2O5. The summed E-state index contributed by atoms with van der Waals surface area (Å²) in [6, 6.07) is 8.23. The van der Waals surface area contributed by atoms with E-state index in [1.807, 2.05) is 12.1 Å². The number of carboxylic acids is 1. The molecule has 7 nitrogen and oxygen atoms in total. The molecule has 7 aliphatic rings. The summed E-state index contributed by atoms with van der Waals surface area (Å²) in [6.45, 7) is 23.5. The van der Waals surface area contributed by atoms with Crippen molar-refractivity contribution >= 4 is 29.3 Å². The Morgan fingerprint density at radius 2 is 1.59 bits per heavy atom. The number of benzene rings is 1.